The van der Waals surface area contributed by atoms with Gasteiger partial charge in [-0.15, -0.1) is 11.3 Å². The van der Waals surface area contributed by atoms with Gasteiger partial charge in [0.1, 0.15) is 16.2 Å². The fourth-order valence-corrected chi connectivity index (χ4v) is 5.49. The van der Waals surface area contributed by atoms with Crippen LogP contribution in [-0.2, 0) is 4.79 Å². The Hall–Kier alpha value is -3.49. The number of thioether (sulfide) groups is 1. The Morgan fingerprint density at radius 1 is 1.03 bits per heavy atom. The minimum absolute atomic E-state index is 0.0934. The normalized spacial score (nSPS) is 11.1. The molecule has 0 spiro atoms. The summed E-state index contributed by atoms with van der Waals surface area (Å²) in [7, 11) is 0. The van der Waals surface area contributed by atoms with Crippen LogP contribution in [0.1, 0.15) is 11.4 Å². The van der Waals surface area contributed by atoms with Gasteiger partial charge >= 0.3 is 0 Å². The second kappa shape index (κ2) is 9.17. The summed E-state index contributed by atoms with van der Waals surface area (Å²) in [5, 5.41) is 9.42. The maximum atomic E-state index is 12.8. The summed E-state index contributed by atoms with van der Waals surface area (Å²) < 4.78 is 1.85. The van der Waals surface area contributed by atoms with Gasteiger partial charge in [0.2, 0.25) is 5.91 Å². The quantitative estimate of drug-likeness (QED) is 0.247. The molecule has 3 heterocycles. The van der Waals surface area contributed by atoms with Gasteiger partial charge in [-0.1, -0.05) is 60.3 Å². The van der Waals surface area contributed by atoms with E-state index in [4.69, 9.17) is 0 Å². The lowest BCUT2D eigenvalue weighted by molar-refractivity contribution is -0.113. The summed E-state index contributed by atoms with van der Waals surface area (Å²) in [4.78, 5) is 23.7. The van der Waals surface area contributed by atoms with Crippen molar-refractivity contribution in [3.05, 3.63) is 84.4 Å². The predicted octanol–water partition coefficient (Wildman–Crippen LogP) is 5.89. The van der Waals surface area contributed by atoms with E-state index in [2.05, 4.69) is 38.6 Å². The van der Waals surface area contributed by atoms with E-state index in [-0.39, 0.29) is 11.7 Å². The van der Waals surface area contributed by atoms with E-state index in [0.29, 0.717) is 0 Å². The number of aromatic nitrogens is 4. The van der Waals surface area contributed by atoms with Crippen LogP contribution in [0.2, 0.25) is 0 Å². The van der Waals surface area contributed by atoms with Crippen LogP contribution in [0.4, 0.5) is 5.69 Å². The number of hydrogen-bond acceptors (Lipinski definition) is 6. The van der Waals surface area contributed by atoms with Gasteiger partial charge < -0.3 is 5.32 Å². The van der Waals surface area contributed by atoms with Crippen LogP contribution in [0.15, 0.2) is 78.1 Å². The Balaban J connectivity index is 1.32. The first-order valence-corrected chi connectivity index (χ1v) is 12.2. The van der Waals surface area contributed by atoms with Crippen molar-refractivity contribution in [1.82, 2.24) is 19.7 Å². The molecule has 164 valence electrons. The van der Waals surface area contributed by atoms with E-state index >= 15 is 0 Å². The summed E-state index contributed by atoms with van der Waals surface area (Å²) in [6, 6.07) is 22.2. The molecule has 6 nitrogen and oxygen atoms in total. The third kappa shape index (κ3) is 4.40. The van der Waals surface area contributed by atoms with Crippen LogP contribution in [0, 0.1) is 13.8 Å². The summed E-state index contributed by atoms with van der Waals surface area (Å²) in [5.74, 6) is 0.155. The fourth-order valence-electron chi connectivity index (χ4n) is 3.65. The molecule has 0 fully saturated rings. The van der Waals surface area contributed by atoms with Gasteiger partial charge in [0.25, 0.3) is 0 Å². The van der Waals surface area contributed by atoms with Crippen molar-refractivity contribution >= 4 is 44.9 Å². The zero-order chi connectivity index (χ0) is 22.8. The second-order valence-electron chi connectivity index (χ2n) is 7.50. The van der Waals surface area contributed by atoms with Crippen LogP contribution >= 0.6 is 23.1 Å². The summed E-state index contributed by atoms with van der Waals surface area (Å²) >= 11 is 3.05. The number of nitrogens with one attached hydrogen (secondary N) is 1. The number of anilines is 1. The highest BCUT2D eigenvalue weighted by Gasteiger charge is 2.17. The number of amides is 1. The average Bonchev–Trinajstić information content (AvgIpc) is 3.41. The van der Waals surface area contributed by atoms with Crippen molar-refractivity contribution in [3.8, 4) is 16.1 Å². The van der Waals surface area contributed by atoms with Gasteiger partial charge in [-0.3, -0.25) is 4.79 Å². The van der Waals surface area contributed by atoms with E-state index < -0.39 is 0 Å². The molecule has 0 bridgehead atoms. The van der Waals surface area contributed by atoms with Crippen LogP contribution in [-0.4, -0.2) is 31.4 Å². The van der Waals surface area contributed by atoms with Crippen LogP contribution in [0.5, 0.6) is 0 Å². The molecule has 0 atom stereocenters. The molecule has 8 heteroatoms. The van der Waals surface area contributed by atoms with Crippen molar-refractivity contribution in [2.75, 3.05) is 11.1 Å². The minimum atomic E-state index is -0.0934. The number of fused-ring (bicyclic) bond motifs is 1. The van der Waals surface area contributed by atoms with E-state index in [1.807, 2.05) is 67.1 Å². The van der Waals surface area contributed by atoms with Crippen LogP contribution in [0.25, 0.3) is 26.3 Å². The van der Waals surface area contributed by atoms with Crippen LogP contribution in [0.3, 0.4) is 0 Å². The lowest BCUT2D eigenvalue weighted by Gasteiger charge is -2.07. The maximum absolute atomic E-state index is 12.8. The molecule has 2 aromatic carbocycles. The van der Waals surface area contributed by atoms with Crippen molar-refractivity contribution in [2.24, 2.45) is 0 Å². The predicted molar refractivity (Wildman–Crippen MR) is 135 cm³/mol. The van der Waals surface area contributed by atoms with Crippen LogP contribution < -0.4 is 5.32 Å². The van der Waals surface area contributed by atoms with Gasteiger partial charge in [-0.25, -0.2) is 14.6 Å². The largest absolute Gasteiger partial charge is 0.322 e. The maximum Gasteiger partial charge on any atom is 0.234 e. The van der Waals surface area contributed by atoms with Crippen molar-refractivity contribution in [1.29, 1.82) is 0 Å². The molecule has 0 saturated heterocycles. The van der Waals surface area contributed by atoms with E-state index in [9.17, 15) is 4.79 Å². The number of benzene rings is 2. The lowest BCUT2D eigenvalue weighted by Crippen LogP contribution is -2.15. The third-order valence-electron chi connectivity index (χ3n) is 5.25. The standard InChI is InChI=1S/C25H21N5OS2/c1-16-23(17(2)30(29-16)19-11-7-4-8-12-19)28-22(31)14-32-24-20-13-21(18-9-5-3-6-10-18)33-25(20)27-15-26-24/h3-13,15H,14H2,1-2H3,(H,28,31). The van der Waals surface area contributed by atoms with Crippen molar-refractivity contribution < 1.29 is 4.79 Å². The number of hydrogen-bond donors (Lipinski definition) is 1. The number of thiophene rings is 1. The summed E-state index contributed by atoms with van der Waals surface area (Å²) in [6.07, 6.45) is 1.56. The first-order chi connectivity index (χ1) is 16.1. The number of carbonyl (C=O) groups excluding carboxylic acids is 1. The van der Waals surface area contributed by atoms with Gasteiger partial charge in [-0.05, 0) is 37.6 Å². The van der Waals surface area contributed by atoms with Gasteiger partial charge in [0.15, 0.2) is 0 Å². The highest BCUT2D eigenvalue weighted by molar-refractivity contribution is 8.00. The molecule has 0 aliphatic rings. The zero-order valence-corrected chi connectivity index (χ0v) is 19.8. The highest BCUT2D eigenvalue weighted by atomic mass is 32.2. The molecule has 1 amide bonds. The van der Waals surface area contributed by atoms with E-state index in [1.54, 1.807) is 17.7 Å². The number of rotatable bonds is 6. The topological polar surface area (TPSA) is 72.7 Å². The monoisotopic (exact) mass is 471 g/mol. The Kier molecular flexibility index (Phi) is 5.93. The number of nitrogens with zero attached hydrogens (tertiary/aromatic N) is 4. The third-order valence-corrected chi connectivity index (χ3v) is 7.35. The second-order valence-corrected chi connectivity index (χ2v) is 9.50. The Morgan fingerprint density at radius 2 is 1.76 bits per heavy atom. The summed E-state index contributed by atoms with van der Waals surface area (Å²) in [6.45, 7) is 3.86. The number of aryl methyl sites for hydroxylation is 1. The minimum Gasteiger partial charge on any atom is -0.322 e. The SMILES string of the molecule is Cc1nn(-c2ccccc2)c(C)c1NC(=O)CSc1ncnc2sc(-c3ccccc3)cc12. The van der Waals surface area contributed by atoms with Crippen molar-refractivity contribution in [3.63, 3.8) is 0 Å². The molecular formula is C25H21N5OS2. The molecule has 0 unspecified atom stereocenters. The van der Waals surface area contributed by atoms with Crippen molar-refractivity contribution in [2.45, 2.75) is 18.9 Å². The Bertz CT molecular complexity index is 1430. The molecule has 33 heavy (non-hydrogen) atoms. The first kappa shape index (κ1) is 21.4. The molecule has 0 saturated carbocycles. The summed E-state index contributed by atoms with van der Waals surface area (Å²) in [5.41, 5.74) is 4.54. The first-order valence-electron chi connectivity index (χ1n) is 10.4. The molecule has 0 radical (unpaired) electrons. The smallest absolute Gasteiger partial charge is 0.234 e. The Morgan fingerprint density at radius 3 is 2.52 bits per heavy atom. The molecule has 0 aliphatic heterocycles. The zero-order valence-electron chi connectivity index (χ0n) is 18.1. The molecule has 1 N–H and O–H groups in total. The van der Waals surface area contributed by atoms with Gasteiger partial charge in [0, 0.05) is 10.3 Å². The molecule has 5 aromatic rings. The van der Waals surface area contributed by atoms with E-state index in [0.717, 1.165) is 48.4 Å². The Labute approximate surface area is 199 Å². The molecule has 0 aliphatic carbocycles. The average molecular weight is 472 g/mol. The highest BCUT2D eigenvalue weighted by Crippen LogP contribution is 2.36. The molecule has 3 aromatic heterocycles. The molecule has 5 rings (SSSR count). The number of para-hydroxylation sites is 1. The van der Waals surface area contributed by atoms with E-state index in [1.165, 1.54) is 11.8 Å². The molecular weight excluding hydrogens is 450 g/mol. The van der Waals surface area contributed by atoms with Gasteiger partial charge in [-0.2, -0.15) is 5.10 Å². The fraction of sp³-hybridized carbons (Fsp3) is 0.120. The van der Waals surface area contributed by atoms with Gasteiger partial charge in [0.05, 0.1) is 28.5 Å². The lowest BCUT2D eigenvalue weighted by atomic mass is 10.2. The number of carbonyl (C=O) groups is 1.